The topological polar surface area (TPSA) is 106 Å². The van der Waals surface area contributed by atoms with Gasteiger partial charge < -0.3 is 9.57 Å². The molecule has 2 aromatic carbocycles. The number of aryl methyl sites for hydroxylation is 3. The highest BCUT2D eigenvalue weighted by atomic mass is 16.6. The highest BCUT2D eigenvalue weighted by Crippen LogP contribution is 2.29. The van der Waals surface area contributed by atoms with Gasteiger partial charge >= 0.3 is 6.03 Å². The second kappa shape index (κ2) is 9.40. The maximum Gasteiger partial charge on any atom is 0.352 e. The Balaban J connectivity index is 2.33. The van der Waals surface area contributed by atoms with Gasteiger partial charge in [0.05, 0.1) is 11.4 Å². The molecule has 0 saturated heterocycles. The Labute approximate surface area is 171 Å². The summed E-state index contributed by atoms with van der Waals surface area (Å²) in [5, 5.41) is 5.95. The van der Waals surface area contributed by atoms with Crippen molar-refractivity contribution in [3.8, 4) is 5.75 Å². The van der Waals surface area contributed by atoms with Gasteiger partial charge in [-0.05, 0) is 68.1 Å². The highest BCUT2D eigenvalue weighted by Gasteiger charge is 2.19. The Bertz CT molecular complexity index is 902. The van der Waals surface area contributed by atoms with Crippen LogP contribution in [0.2, 0.25) is 0 Å². The molecule has 2 amide bonds. The molecule has 0 spiro atoms. The SMILES string of the molecule is CO/N=C(\C)c1cc(C)c(OCc2c(C)cccc2N(N)C(=O)N(C)N)c(C)c1. The largest absolute Gasteiger partial charge is 0.488 e. The maximum absolute atomic E-state index is 12.2. The molecule has 0 aliphatic carbocycles. The van der Waals surface area contributed by atoms with Gasteiger partial charge in [-0.25, -0.2) is 21.5 Å². The van der Waals surface area contributed by atoms with Crippen LogP contribution in [0.15, 0.2) is 35.5 Å². The number of oxime groups is 1. The number of hydrogen-bond acceptors (Lipinski definition) is 6. The van der Waals surface area contributed by atoms with Gasteiger partial charge in [-0.1, -0.05) is 17.3 Å². The van der Waals surface area contributed by atoms with Gasteiger partial charge in [0.2, 0.25) is 0 Å². The average molecular weight is 399 g/mol. The summed E-state index contributed by atoms with van der Waals surface area (Å²) in [5.74, 6) is 12.3. The number of carbonyl (C=O) groups excluding carboxylic acids is 1. The second-order valence-corrected chi connectivity index (χ2v) is 6.92. The van der Waals surface area contributed by atoms with E-state index >= 15 is 0 Å². The van der Waals surface area contributed by atoms with Crippen LogP contribution < -0.4 is 21.4 Å². The number of hydrazine groups is 2. The van der Waals surface area contributed by atoms with Crippen molar-refractivity contribution >= 4 is 17.4 Å². The second-order valence-electron chi connectivity index (χ2n) is 6.92. The summed E-state index contributed by atoms with van der Waals surface area (Å²) < 4.78 is 6.15. The fourth-order valence-corrected chi connectivity index (χ4v) is 3.09. The molecule has 0 unspecified atom stereocenters. The van der Waals surface area contributed by atoms with Gasteiger partial charge in [0.15, 0.2) is 0 Å². The number of amides is 2. The number of hydrogen-bond donors (Lipinski definition) is 2. The van der Waals surface area contributed by atoms with Crippen LogP contribution in [0, 0.1) is 20.8 Å². The first kappa shape index (κ1) is 22.2. The number of benzene rings is 2. The number of rotatable bonds is 6. The lowest BCUT2D eigenvalue weighted by molar-refractivity contribution is 0.213. The third-order valence-corrected chi connectivity index (χ3v) is 4.62. The van der Waals surface area contributed by atoms with Crippen LogP contribution in [0.25, 0.3) is 0 Å². The van der Waals surface area contributed by atoms with Crippen LogP contribution in [0.5, 0.6) is 5.75 Å². The summed E-state index contributed by atoms with van der Waals surface area (Å²) in [4.78, 5) is 17.0. The first-order valence-electron chi connectivity index (χ1n) is 9.15. The van der Waals surface area contributed by atoms with E-state index < -0.39 is 6.03 Å². The molecule has 2 aromatic rings. The summed E-state index contributed by atoms with van der Waals surface area (Å²) >= 11 is 0. The van der Waals surface area contributed by atoms with Gasteiger partial charge in [-0.3, -0.25) is 5.01 Å². The number of anilines is 1. The van der Waals surface area contributed by atoms with Crippen LogP contribution >= 0.6 is 0 Å². The van der Waals surface area contributed by atoms with E-state index in [0.29, 0.717) is 5.69 Å². The molecule has 0 aromatic heterocycles. The molecule has 0 atom stereocenters. The van der Waals surface area contributed by atoms with Crippen molar-refractivity contribution in [2.24, 2.45) is 16.8 Å². The molecular weight excluding hydrogens is 370 g/mol. The van der Waals surface area contributed by atoms with E-state index in [0.717, 1.165) is 49.3 Å². The molecule has 4 N–H and O–H groups in total. The molecule has 156 valence electrons. The van der Waals surface area contributed by atoms with Crippen molar-refractivity contribution < 1.29 is 14.4 Å². The molecule has 0 aliphatic heterocycles. The smallest absolute Gasteiger partial charge is 0.352 e. The predicted molar refractivity (Wildman–Crippen MR) is 115 cm³/mol. The van der Waals surface area contributed by atoms with Crippen molar-refractivity contribution in [1.29, 1.82) is 0 Å². The molecule has 0 heterocycles. The fourth-order valence-electron chi connectivity index (χ4n) is 3.09. The minimum Gasteiger partial charge on any atom is -0.488 e. The van der Waals surface area contributed by atoms with Gasteiger partial charge in [0.25, 0.3) is 0 Å². The van der Waals surface area contributed by atoms with E-state index in [4.69, 9.17) is 21.3 Å². The van der Waals surface area contributed by atoms with Crippen LogP contribution in [0.4, 0.5) is 10.5 Å². The molecule has 8 heteroatoms. The standard InChI is InChI=1S/C21H29N5O3/c1-13-8-7-9-19(26(23)21(27)25(5)22)18(13)12-29-20-14(2)10-17(11-15(20)3)16(4)24-28-6/h7-11H,12,22-23H2,1-6H3/b24-16+. The van der Waals surface area contributed by atoms with E-state index in [1.165, 1.54) is 14.2 Å². The molecule has 2 rings (SSSR count). The fraction of sp³-hybridized carbons (Fsp3) is 0.333. The van der Waals surface area contributed by atoms with Gasteiger partial charge in [-0.2, -0.15) is 0 Å². The Morgan fingerprint density at radius 3 is 2.28 bits per heavy atom. The van der Waals surface area contributed by atoms with Crippen LogP contribution in [0.1, 0.15) is 34.7 Å². The lowest BCUT2D eigenvalue weighted by Gasteiger charge is -2.24. The van der Waals surface area contributed by atoms with Gasteiger partial charge in [-0.15, -0.1) is 0 Å². The van der Waals surface area contributed by atoms with E-state index in [1.807, 2.05) is 52.0 Å². The normalized spacial score (nSPS) is 11.2. The Hall–Kier alpha value is -3.10. The zero-order valence-electron chi connectivity index (χ0n) is 17.8. The summed E-state index contributed by atoms with van der Waals surface area (Å²) in [7, 11) is 2.96. The van der Waals surface area contributed by atoms with E-state index in [9.17, 15) is 4.79 Å². The van der Waals surface area contributed by atoms with E-state index in [2.05, 4.69) is 5.16 Å². The minimum absolute atomic E-state index is 0.253. The number of ether oxygens (including phenoxy) is 1. The van der Waals surface area contributed by atoms with Crippen molar-refractivity contribution in [1.82, 2.24) is 5.01 Å². The molecule has 0 saturated carbocycles. The van der Waals surface area contributed by atoms with Crippen molar-refractivity contribution in [2.75, 3.05) is 19.2 Å². The zero-order chi connectivity index (χ0) is 21.7. The van der Waals surface area contributed by atoms with Gasteiger partial charge in [0, 0.05) is 12.6 Å². The predicted octanol–water partition coefficient (Wildman–Crippen LogP) is 3.17. The van der Waals surface area contributed by atoms with Crippen molar-refractivity contribution in [3.63, 3.8) is 0 Å². The minimum atomic E-state index is -0.526. The lowest BCUT2D eigenvalue weighted by atomic mass is 10.0. The van der Waals surface area contributed by atoms with Crippen LogP contribution in [-0.2, 0) is 11.4 Å². The summed E-state index contributed by atoms with van der Waals surface area (Å²) in [6.07, 6.45) is 0. The van der Waals surface area contributed by atoms with Crippen LogP contribution in [0.3, 0.4) is 0 Å². The maximum atomic E-state index is 12.2. The number of carbonyl (C=O) groups is 1. The molecule has 0 radical (unpaired) electrons. The quantitative estimate of drug-likeness (QED) is 0.336. The lowest BCUT2D eigenvalue weighted by Crippen LogP contribution is -2.49. The summed E-state index contributed by atoms with van der Waals surface area (Å²) in [5.41, 5.74) is 6.02. The summed E-state index contributed by atoms with van der Waals surface area (Å²) in [6.45, 7) is 8.04. The number of nitrogens with two attached hydrogens (primary N) is 2. The molecule has 8 nitrogen and oxygen atoms in total. The molecule has 0 fully saturated rings. The van der Waals surface area contributed by atoms with Crippen LogP contribution in [-0.4, -0.2) is 30.9 Å². The Morgan fingerprint density at radius 2 is 1.72 bits per heavy atom. The third-order valence-electron chi connectivity index (χ3n) is 4.62. The third kappa shape index (κ3) is 5.04. The summed E-state index contributed by atoms with van der Waals surface area (Å²) in [6, 6.07) is 9.02. The van der Waals surface area contributed by atoms with Crippen molar-refractivity contribution in [3.05, 3.63) is 58.1 Å². The zero-order valence-corrected chi connectivity index (χ0v) is 17.8. The Kier molecular flexibility index (Phi) is 7.19. The molecular formula is C21H29N5O3. The molecule has 0 aliphatic rings. The van der Waals surface area contributed by atoms with Gasteiger partial charge in [0.1, 0.15) is 19.5 Å². The monoisotopic (exact) mass is 399 g/mol. The van der Waals surface area contributed by atoms with E-state index in [-0.39, 0.29) is 6.61 Å². The number of urea groups is 1. The highest BCUT2D eigenvalue weighted by molar-refractivity contribution is 5.99. The Morgan fingerprint density at radius 1 is 1.10 bits per heavy atom. The first-order chi connectivity index (χ1) is 13.7. The average Bonchev–Trinajstić information content (AvgIpc) is 2.67. The number of nitrogens with zero attached hydrogens (tertiary/aromatic N) is 3. The van der Waals surface area contributed by atoms with E-state index in [1.54, 1.807) is 6.07 Å². The molecule has 29 heavy (non-hydrogen) atoms. The van der Waals surface area contributed by atoms with Crippen molar-refractivity contribution in [2.45, 2.75) is 34.3 Å². The molecule has 0 bridgehead atoms. The first-order valence-corrected chi connectivity index (χ1v) is 9.15.